The molecule has 0 amide bonds. The van der Waals surface area contributed by atoms with Gasteiger partial charge in [-0.05, 0) is 12.1 Å². The molecule has 0 aliphatic rings. The lowest BCUT2D eigenvalue weighted by Gasteiger charge is -1.99. The standard InChI is InChI=1S/C9H7ClO3/c10-7-3-1-2-6(9(7)13)4-5-8(11)12/h1-5,13H,(H,11,12)/b5-4-. The first kappa shape index (κ1) is 9.61. The number of hydrogen-bond donors (Lipinski definition) is 2. The van der Waals surface area contributed by atoms with Crippen LogP contribution in [0.15, 0.2) is 24.3 Å². The number of para-hydroxylation sites is 1. The Hall–Kier alpha value is -1.48. The SMILES string of the molecule is O=C(O)/C=C\c1cccc(Cl)c1O. The third-order valence-electron chi connectivity index (χ3n) is 1.42. The third kappa shape index (κ3) is 2.49. The Kier molecular flexibility index (Phi) is 2.93. The number of phenols is 1. The van der Waals surface area contributed by atoms with E-state index in [1.54, 1.807) is 12.1 Å². The van der Waals surface area contributed by atoms with E-state index in [1.807, 2.05) is 0 Å². The summed E-state index contributed by atoms with van der Waals surface area (Å²) in [5.41, 5.74) is 0.384. The zero-order valence-corrected chi connectivity index (χ0v) is 7.32. The minimum Gasteiger partial charge on any atom is -0.506 e. The minimum absolute atomic E-state index is 0.110. The predicted octanol–water partition coefficient (Wildman–Crippen LogP) is 2.14. The molecule has 0 atom stereocenters. The molecule has 0 spiro atoms. The van der Waals surface area contributed by atoms with Crippen molar-refractivity contribution in [3.8, 4) is 5.75 Å². The number of hydrogen-bond acceptors (Lipinski definition) is 2. The molecule has 0 saturated carbocycles. The highest BCUT2D eigenvalue weighted by Crippen LogP contribution is 2.27. The van der Waals surface area contributed by atoms with Crippen LogP contribution in [0, 0.1) is 0 Å². The Morgan fingerprint density at radius 2 is 2.15 bits per heavy atom. The number of halogens is 1. The summed E-state index contributed by atoms with van der Waals surface area (Å²) in [6.07, 6.45) is 2.22. The van der Waals surface area contributed by atoms with Crippen LogP contribution in [0.2, 0.25) is 5.02 Å². The van der Waals surface area contributed by atoms with Crippen molar-refractivity contribution in [1.29, 1.82) is 0 Å². The smallest absolute Gasteiger partial charge is 0.328 e. The first-order valence-corrected chi connectivity index (χ1v) is 3.87. The molecule has 4 heteroatoms. The van der Waals surface area contributed by atoms with Crippen LogP contribution < -0.4 is 0 Å². The number of benzene rings is 1. The van der Waals surface area contributed by atoms with Gasteiger partial charge in [-0.15, -0.1) is 0 Å². The molecule has 0 bridgehead atoms. The van der Waals surface area contributed by atoms with Crippen LogP contribution in [-0.2, 0) is 4.79 Å². The Morgan fingerprint density at radius 3 is 2.77 bits per heavy atom. The maximum atomic E-state index is 10.2. The molecule has 0 radical (unpaired) electrons. The zero-order valence-electron chi connectivity index (χ0n) is 6.57. The van der Waals surface area contributed by atoms with E-state index in [0.717, 1.165) is 6.08 Å². The van der Waals surface area contributed by atoms with E-state index in [-0.39, 0.29) is 10.8 Å². The van der Waals surface area contributed by atoms with Gasteiger partial charge in [-0.3, -0.25) is 0 Å². The molecule has 68 valence electrons. The number of aromatic hydroxyl groups is 1. The van der Waals surface area contributed by atoms with Crippen molar-refractivity contribution in [2.24, 2.45) is 0 Å². The Morgan fingerprint density at radius 1 is 1.46 bits per heavy atom. The van der Waals surface area contributed by atoms with Gasteiger partial charge in [-0.2, -0.15) is 0 Å². The Bertz CT molecular complexity index is 358. The van der Waals surface area contributed by atoms with E-state index in [1.165, 1.54) is 12.1 Å². The monoisotopic (exact) mass is 198 g/mol. The van der Waals surface area contributed by atoms with Crippen LogP contribution in [0.3, 0.4) is 0 Å². The fourth-order valence-corrected chi connectivity index (χ4v) is 1.01. The predicted molar refractivity (Wildman–Crippen MR) is 49.8 cm³/mol. The summed E-state index contributed by atoms with van der Waals surface area (Å²) in [4.78, 5) is 10.2. The van der Waals surface area contributed by atoms with Crippen LogP contribution in [-0.4, -0.2) is 16.2 Å². The molecule has 0 aromatic heterocycles. The largest absolute Gasteiger partial charge is 0.506 e. The molecule has 0 unspecified atom stereocenters. The number of phenolic OH excluding ortho intramolecular Hbond substituents is 1. The van der Waals surface area contributed by atoms with Gasteiger partial charge in [0.1, 0.15) is 5.75 Å². The first-order valence-electron chi connectivity index (χ1n) is 3.50. The van der Waals surface area contributed by atoms with Crippen molar-refractivity contribution < 1.29 is 15.0 Å². The maximum Gasteiger partial charge on any atom is 0.328 e. The second kappa shape index (κ2) is 3.96. The highest BCUT2D eigenvalue weighted by atomic mass is 35.5. The van der Waals surface area contributed by atoms with Crippen molar-refractivity contribution in [1.82, 2.24) is 0 Å². The van der Waals surface area contributed by atoms with Gasteiger partial charge < -0.3 is 10.2 Å². The summed E-state index contributed by atoms with van der Waals surface area (Å²) in [6.45, 7) is 0. The number of carboxylic acids is 1. The normalized spacial score (nSPS) is 10.5. The molecule has 13 heavy (non-hydrogen) atoms. The number of rotatable bonds is 2. The van der Waals surface area contributed by atoms with E-state index in [4.69, 9.17) is 16.7 Å². The highest BCUT2D eigenvalue weighted by molar-refractivity contribution is 6.32. The van der Waals surface area contributed by atoms with Crippen molar-refractivity contribution in [2.75, 3.05) is 0 Å². The first-order chi connectivity index (χ1) is 6.11. The number of carbonyl (C=O) groups is 1. The second-order valence-corrected chi connectivity index (χ2v) is 2.76. The molecule has 0 fully saturated rings. The number of carboxylic acid groups (broad SMARTS) is 1. The van der Waals surface area contributed by atoms with Gasteiger partial charge in [0.15, 0.2) is 0 Å². The molecule has 1 rings (SSSR count). The molecule has 0 saturated heterocycles. The summed E-state index contributed by atoms with van der Waals surface area (Å²) in [7, 11) is 0. The van der Waals surface area contributed by atoms with E-state index in [2.05, 4.69) is 0 Å². The molecule has 0 aliphatic carbocycles. The Labute approximate surface area is 79.9 Å². The van der Waals surface area contributed by atoms with Crippen molar-refractivity contribution >= 4 is 23.6 Å². The van der Waals surface area contributed by atoms with Crippen molar-refractivity contribution in [3.63, 3.8) is 0 Å². The van der Waals surface area contributed by atoms with E-state index < -0.39 is 5.97 Å². The van der Waals surface area contributed by atoms with Crippen LogP contribution in [0.5, 0.6) is 5.75 Å². The van der Waals surface area contributed by atoms with Gasteiger partial charge in [-0.25, -0.2) is 4.79 Å². The summed E-state index contributed by atoms with van der Waals surface area (Å²) >= 11 is 5.60. The molecule has 2 N–H and O–H groups in total. The molecule has 3 nitrogen and oxygen atoms in total. The lowest BCUT2D eigenvalue weighted by Crippen LogP contribution is -1.85. The van der Waals surface area contributed by atoms with Crippen LogP contribution in [0.1, 0.15) is 5.56 Å². The average Bonchev–Trinajstić information content (AvgIpc) is 2.07. The lowest BCUT2D eigenvalue weighted by atomic mass is 10.2. The van der Waals surface area contributed by atoms with E-state index in [0.29, 0.717) is 5.56 Å². The zero-order chi connectivity index (χ0) is 9.84. The third-order valence-corrected chi connectivity index (χ3v) is 1.73. The maximum absolute atomic E-state index is 10.2. The minimum atomic E-state index is -1.07. The Balaban J connectivity index is 3.02. The molecule has 1 aromatic carbocycles. The van der Waals surface area contributed by atoms with Crippen molar-refractivity contribution in [3.05, 3.63) is 34.9 Å². The number of aliphatic carboxylic acids is 1. The van der Waals surface area contributed by atoms with Crippen LogP contribution >= 0.6 is 11.6 Å². The molecule has 0 heterocycles. The summed E-state index contributed by atoms with van der Waals surface area (Å²) in [6, 6.07) is 4.72. The quantitative estimate of drug-likeness (QED) is 0.716. The molecule has 1 aromatic rings. The van der Waals surface area contributed by atoms with Gasteiger partial charge in [0.05, 0.1) is 5.02 Å². The van der Waals surface area contributed by atoms with Crippen LogP contribution in [0.4, 0.5) is 0 Å². The topological polar surface area (TPSA) is 57.5 Å². The van der Waals surface area contributed by atoms with Crippen LogP contribution in [0.25, 0.3) is 6.08 Å². The molecular formula is C9H7ClO3. The van der Waals surface area contributed by atoms with Gasteiger partial charge in [0.25, 0.3) is 0 Å². The van der Waals surface area contributed by atoms with Gasteiger partial charge in [-0.1, -0.05) is 23.7 Å². The van der Waals surface area contributed by atoms with Gasteiger partial charge >= 0.3 is 5.97 Å². The van der Waals surface area contributed by atoms with Gasteiger partial charge in [0, 0.05) is 11.6 Å². The fraction of sp³-hybridized carbons (Fsp3) is 0. The van der Waals surface area contributed by atoms with E-state index >= 15 is 0 Å². The summed E-state index contributed by atoms with van der Waals surface area (Å²) in [5, 5.41) is 17.9. The lowest BCUT2D eigenvalue weighted by molar-refractivity contribution is -0.131. The molecular weight excluding hydrogens is 192 g/mol. The molecule has 0 aliphatic heterocycles. The fourth-order valence-electron chi connectivity index (χ4n) is 0.828. The highest BCUT2D eigenvalue weighted by Gasteiger charge is 2.01. The average molecular weight is 199 g/mol. The second-order valence-electron chi connectivity index (χ2n) is 2.35. The van der Waals surface area contributed by atoms with E-state index in [9.17, 15) is 9.90 Å². The summed E-state index contributed by atoms with van der Waals surface area (Å²) < 4.78 is 0. The summed E-state index contributed by atoms with van der Waals surface area (Å²) in [5.74, 6) is -1.18. The van der Waals surface area contributed by atoms with Crippen molar-refractivity contribution in [2.45, 2.75) is 0 Å². The van der Waals surface area contributed by atoms with Gasteiger partial charge in [0.2, 0.25) is 0 Å².